The predicted octanol–water partition coefficient (Wildman–Crippen LogP) is 3.25. The van der Waals surface area contributed by atoms with Gasteiger partial charge < -0.3 is 0 Å². The van der Waals surface area contributed by atoms with Crippen molar-refractivity contribution in [3.63, 3.8) is 0 Å². The molecule has 0 unspecified atom stereocenters. The monoisotopic (exact) mass is 252 g/mol. The number of hydrogen-bond donors (Lipinski definition) is 0. The van der Waals surface area contributed by atoms with Crippen molar-refractivity contribution in [1.29, 1.82) is 0 Å². The Balaban J connectivity index is 2.43. The minimum Gasteiger partial charge on any atom is -0.0845 e. The number of rotatable bonds is 0. The lowest BCUT2D eigenvalue weighted by Crippen LogP contribution is -1.89. The van der Waals surface area contributed by atoms with Crippen molar-refractivity contribution in [2.24, 2.45) is 0 Å². The van der Waals surface area contributed by atoms with Crippen molar-refractivity contribution in [2.45, 2.75) is 28.9 Å². The van der Waals surface area contributed by atoms with Crippen LogP contribution in [0.1, 0.15) is 19.3 Å². The van der Waals surface area contributed by atoms with Crippen LogP contribution in [-0.2, 0) is 0 Å². The van der Waals surface area contributed by atoms with E-state index in [2.05, 4.69) is 44.0 Å². The van der Waals surface area contributed by atoms with E-state index in [4.69, 9.17) is 0 Å². The van der Waals surface area contributed by atoms with Crippen molar-refractivity contribution in [1.82, 2.24) is 0 Å². The Morgan fingerprint density at radius 3 is 1.89 bits per heavy atom. The third-order valence-corrected chi connectivity index (χ3v) is 3.01. The minimum absolute atomic E-state index is 0.611. The van der Waals surface area contributed by atoms with Gasteiger partial charge in [-0.2, -0.15) is 0 Å². The summed E-state index contributed by atoms with van der Waals surface area (Å²) in [4.78, 5) is 1.22. The van der Waals surface area contributed by atoms with Crippen LogP contribution in [0.2, 0.25) is 0 Å². The second-order valence-corrected chi connectivity index (χ2v) is 4.70. The zero-order valence-electron chi connectivity index (χ0n) is 5.19. The SMILES string of the molecule is Br[C@@H]1C=C[C@H](Br)CCC1. The maximum absolute atomic E-state index is 3.56. The van der Waals surface area contributed by atoms with E-state index in [1.54, 1.807) is 0 Å². The third kappa shape index (κ3) is 2.85. The molecule has 0 amide bonds. The van der Waals surface area contributed by atoms with Gasteiger partial charge in [0.05, 0.1) is 0 Å². The zero-order valence-corrected chi connectivity index (χ0v) is 8.36. The van der Waals surface area contributed by atoms with Crippen molar-refractivity contribution in [2.75, 3.05) is 0 Å². The topological polar surface area (TPSA) is 0 Å². The van der Waals surface area contributed by atoms with E-state index in [0.29, 0.717) is 9.65 Å². The summed E-state index contributed by atoms with van der Waals surface area (Å²) in [6.07, 6.45) is 8.33. The van der Waals surface area contributed by atoms with Crippen LogP contribution in [0.25, 0.3) is 0 Å². The Hall–Kier alpha value is 0.700. The zero-order chi connectivity index (χ0) is 6.69. The number of halogens is 2. The molecule has 52 valence electrons. The molecule has 2 heteroatoms. The fourth-order valence-corrected chi connectivity index (χ4v) is 1.94. The van der Waals surface area contributed by atoms with Crippen LogP contribution >= 0.6 is 31.9 Å². The molecule has 1 rings (SSSR count). The molecular formula is C7H10Br2. The maximum atomic E-state index is 3.56. The van der Waals surface area contributed by atoms with Crippen LogP contribution in [0.15, 0.2) is 12.2 Å². The molecule has 9 heavy (non-hydrogen) atoms. The Bertz CT molecular complexity index is 97.5. The summed E-state index contributed by atoms with van der Waals surface area (Å²) < 4.78 is 0. The van der Waals surface area contributed by atoms with Crippen LogP contribution in [0, 0.1) is 0 Å². The molecule has 0 bridgehead atoms. The van der Waals surface area contributed by atoms with Gasteiger partial charge in [-0.3, -0.25) is 0 Å². The average molecular weight is 254 g/mol. The van der Waals surface area contributed by atoms with E-state index >= 15 is 0 Å². The lowest BCUT2D eigenvalue weighted by Gasteiger charge is -1.98. The summed E-state index contributed by atoms with van der Waals surface area (Å²) in [7, 11) is 0. The Kier molecular flexibility index (Phi) is 3.27. The molecule has 0 N–H and O–H groups in total. The van der Waals surface area contributed by atoms with Crippen molar-refractivity contribution in [3.05, 3.63) is 12.2 Å². The molecular weight excluding hydrogens is 244 g/mol. The molecule has 0 aliphatic heterocycles. The van der Waals surface area contributed by atoms with E-state index in [1.165, 1.54) is 19.3 Å². The minimum atomic E-state index is 0.611. The molecule has 0 saturated heterocycles. The lowest BCUT2D eigenvalue weighted by molar-refractivity contribution is 0.739. The lowest BCUT2D eigenvalue weighted by atomic mass is 10.2. The molecule has 0 saturated carbocycles. The highest BCUT2D eigenvalue weighted by atomic mass is 79.9. The quantitative estimate of drug-likeness (QED) is 0.459. The van der Waals surface area contributed by atoms with Gasteiger partial charge in [-0.1, -0.05) is 50.4 Å². The average Bonchev–Trinajstić information content (AvgIpc) is 1.97. The van der Waals surface area contributed by atoms with Gasteiger partial charge in [0.1, 0.15) is 0 Å². The molecule has 1 aliphatic rings. The standard InChI is InChI=1S/C7H10Br2/c8-6-2-1-3-7(9)5-4-6/h4-7H,1-3H2/t6-,7+. The second-order valence-electron chi connectivity index (χ2n) is 2.35. The van der Waals surface area contributed by atoms with Gasteiger partial charge in [-0.05, 0) is 12.8 Å². The Labute approximate surface area is 73.0 Å². The van der Waals surface area contributed by atoms with Gasteiger partial charge in [0.15, 0.2) is 0 Å². The van der Waals surface area contributed by atoms with Gasteiger partial charge in [0.2, 0.25) is 0 Å². The van der Waals surface area contributed by atoms with Gasteiger partial charge in [0, 0.05) is 9.65 Å². The highest BCUT2D eigenvalue weighted by molar-refractivity contribution is 9.10. The molecule has 0 aromatic rings. The van der Waals surface area contributed by atoms with E-state index in [-0.39, 0.29) is 0 Å². The van der Waals surface area contributed by atoms with E-state index < -0.39 is 0 Å². The van der Waals surface area contributed by atoms with Gasteiger partial charge in [0.25, 0.3) is 0 Å². The molecule has 0 fully saturated rings. The van der Waals surface area contributed by atoms with E-state index in [1.807, 2.05) is 0 Å². The summed E-state index contributed by atoms with van der Waals surface area (Å²) >= 11 is 7.12. The summed E-state index contributed by atoms with van der Waals surface area (Å²) in [5.41, 5.74) is 0. The number of allylic oxidation sites excluding steroid dienone is 2. The number of alkyl halides is 2. The van der Waals surface area contributed by atoms with E-state index in [9.17, 15) is 0 Å². The molecule has 0 aromatic heterocycles. The normalized spacial score (nSPS) is 36.2. The first-order valence-electron chi connectivity index (χ1n) is 3.25. The smallest absolute Gasteiger partial charge is 0.0325 e. The fourth-order valence-electron chi connectivity index (χ4n) is 0.941. The van der Waals surface area contributed by atoms with Crippen LogP contribution < -0.4 is 0 Å². The summed E-state index contributed by atoms with van der Waals surface area (Å²) in [5, 5.41) is 0. The van der Waals surface area contributed by atoms with Crippen LogP contribution in [-0.4, -0.2) is 9.65 Å². The van der Waals surface area contributed by atoms with Crippen LogP contribution in [0.4, 0.5) is 0 Å². The summed E-state index contributed by atoms with van der Waals surface area (Å²) in [6, 6.07) is 0. The third-order valence-electron chi connectivity index (χ3n) is 1.49. The first kappa shape index (κ1) is 7.80. The van der Waals surface area contributed by atoms with Crippen molar-refractivity contribution >= 4 is 31.9 Å². The van der Waals surface area contributed by atoms with Gasteiger partial charge >= 0.3 is 0 Å². The maximum Gasteiger partial charge on any atom is 0.0325 e. The van der Waals surface area contributed by atoms with Crippen molar-refractivity contribution in [3.8, 4) is 0 Å². The molecule has 0 heterocycles. The van der Waals surface area contributed by atoms with Crippen LogP contribution in [0.5, 0.6) is 0 Å². The fraction of sp³-hybridized carbons (Fsp3) is 0.714. The number of hydrogen-bond acceptors (Lipinski definition) is 0. The largest absolute Gasteiger partial charge is 0.0845 e. The van der Waals surface area contributed by atoms with Gasteiger partial charge in [-0.15, -0.1) is 0 Å². The molecule has 2 atom stereocenters. The first-order chi connectivity index (χ1) is 4.29. The van der Waals surface area contributed by atoms with E-state index in [0.717, 1.165) is 0 Å². The van der Waals surface area contributed by atoms with Crippen LogP contribution in [0.3, 0.4) is 0 Å². The molecule has 0 aromatic carbocycles. The Morgan fingerprint density at radius 2 is 1.44 bits per heavy atom. The molecule has 0 spiro atoms. The second kappa shape index (κ2) is 3.77. The highest BCUT2D eigenvalue weighted by Gasteiger charge is 2.07. The van der Waals surface area contributed by atoms with Gasteiger partial charge in [-0.25, -0.2) is 0 Å². The highest BCUT2D eigenvalue weighted by Crippen LogP contribution is 2.21. The molecule has 0 radical (unpaired) electrons. The summed E-state index contributed by atoms with van der Waals surface area (Å²) in [6.45, 7) is 0. The van der Waals surface area contributed by atoms with Crippen molar-refractivity contribution < 1.29 is 0 Å². The summed E-state index contributed by atoms with van der Waals surface area (Å²) in [5.74, 6) is 0. The Morgan fingerprint density at radius 1 is 1.00 bits per heavy atom. The molecule has 1 aliphatic carbocycles. The predicted molar refractivity (Wildman–Crippen MR) is 48.4 cm³/mol. The molecule has 0 nitrogen and oxygen atoms in total. The first-order valence-corrected chi connectivity index (χ1v) is 5.08.